The van der Waals surface area contributed by atoms with Gasteiger partial charge in [-0.05, 0) is 45.4 Å². The summed E-state index contributed by atoms with van der Waals surface area (Å²) in [6.45, 7) is 11.2. The second kappa shape index (κ2) is 7.41. The van der Waals surface area contributed by atoms with Gasteiger partial charge in [-0.25, -0.2) is 0 Å². The number of ether oxygens (including phenoxy) is 1. The molecule has 0 aromatic heterocycles. The van der Waals surface area contributed by atoms with Crippen LogP contribution in [0, 0.1) is 0 Å². The third kappa shape index (κ3) is 5.72. The Bertz CT molecular complexity index is 444. The van der Waals surface area contributed by atoms with Crippen LogP contribution in [0.5, 0.6) is 0 Å². The molecule has 0 aliphatic carbocycles. The van der Waals surface area contributed by atoms with Crippen molar-refractivity contribution < 1.29 is 9.53 Å². The number of rotatable bonds is 7. The van der Waals surface area contributed by atoms with E-state index in [0.717, 1.165) is 17.8 Å². The Balaban J connectivity index is 2.63. The van der Waals surface area contributed by atoms with Crippen molar-refractivity contribution in [3.05, 3.63) is 29.8 Å². The van der Waals surface area contributed by atoms with E-state index in [-0.39, 0.29) is 17.6 Å². The van der Waals surface area contributed by atoms with Crippen LogP contribution >= 0.6 is 0 Å². The molecule has 0 spiro atoms. The molecule has 1 rings (SSSR count). The molecular weight excluding hydrogens is 252 g/mol. The van der Waals surface area contributed by atoms with Crippen molar-refractivity contribution in [2.45, 2.75) is 46.3 Å². The molecule has 2 N–H and O–H groups in total. The molecule has 112 valence electrons. The number of hydrogen-bond donors (Lipinski definition) is 2. The van der Waals surface area contributed by atoms with Crippen LogP contribution < -0.4 is 10.6 Å². The Morgan fingerprint density at radius 2 is 2.10 bits per heavy atom. The van der Waals surface area contributed by atoms with E-state index in [1.54, 1.807) is 0 Å². The van der Waals surface area contributed by atoms with Gasteiger partial charge in [0.1, 0.15) is 0 Å². The fraction of sp³-hybridized carbons (Fsp3) is 0.562. The number of nitrogens with one attached hydrogen (secondary N) is 2. The molecule has 1 aromatic rings. The van der Waals surface area contributed by atoms with Crippen molar-refractivity contribution in [2.75, 3.05) is 18.5 Å². The van der Waals surface area contributed by atoms with Crippen LogP contribution in [-0.2, 0) is 9.53 Å². The summed E-state index contributed by atoms with van der Waals surface area (Å²) < 4.78 is 5.67. The van der Waals surface area contributed by atoms with Crippen LogP contribution in [-0.4, -0.2) is 24.7 Å². The van der Waals surface area contributed by atoms with Crippen LogP contribution in [0.3, 0.4) is 0 Å². The SMILES string of the molecule is CCOC(C)(C)CNC(C)c1cccc(NC(C)=O)c1. The highest BCUT2D eigenvalue weighted by Crippen LogP contribution is 2.18. The van der Waals surface area contributed by atoms with Gasteiger partial charge in [0, 0.05) is 31.8 Å². The maximum Gasteiger partial charge on any atom is 0.221 e. The second-order valence-electron chi connectivity index (χ2n) is 5.60. The Hall–Kier alpha value is -1.39. The maximum atomic E-state index is 11.1. The zero-order valence-corrected chi connectivity index (χ0v) is 13.1. The van der Waals surface area contributed by atoms with Gasteiger partial charge >= 0.3 is 0 Å². The van der Waals surface area contributed by atoms with Gasteiger partial charge in [-0.15, -0.1) is 0 Å². The molecule has 0 saturated heterocycles. The number of hydrogen-bond acceptors (Lipinski definition) is 3. The van der Waals surface area contributed by atoms with Gasteiger partial charge in [-0.2, -0.15) is 0 Å². The molecule has 1 amide bonds. The molecule has 0 heterocycles. The second-order valence-corrected chi connectivity index (χ2v) is 5.60. The summed E-state index contributed by atoms with van der Waals surface area (Å²) in [6.07, 6.45) is 0. The van der Waals surface area contributed by atoms with Crippen molar-refractivity contribution in [3.8, 4) is 0 Å². The highest BCUT2D eigenvalue weighted by molar-refractivity contribution is 5.88. The third-order valence-corrected chi connectivity index (χ3v) is 3.08. The standard InChI is InChI=1S/C16H26N2O2/c1-6-20-16(4,5)11-17-12(2)14-8-7-9-15(10-14)18-13(3)19/h7-10,12,17H,6,11H2,1-5H3,(H,18,19). The van der Waals surface area contributed by atoms with Gasteiger partial charge in [-0.1, -0.05) is 12.1 Å². The first kappa shape index (κ1) is 16.7. The maximum absolute atomic E-state index is 11.1. The van der Waals surface area contributed by atoms with Crippen LogP contribution in [0.4, 0.5) is 5.69 Å². The fourth-order valence-corrected chi connectivity index (χ4v) is 2.05. The highest BCUT2D eigenvalue weighted by atomic mass is 16.5. The summed E-state index contributed by atoms with van der Waals surface area (Å²) in [7, 11) is 0. The summed E-state index contributed by atoms with van der Waals surface area (Å²) in [5, 5.41) is 6.27. The van der Waals surface area contributed by atoms with Crippen molar-refractivity contribution in [3.63, 3.8) is 0 Å². The van der Waals surface area contributed by atoms with Gasteiger partial charge in [0.2, 0.25) is 5.91 Å². The number of amides is 1. The average molecular weight is 278 g/mol. The largest absolute Gasteiger partial charge is 0.375 e. The normalized spacial score (nSPS) is 13.1. The minimum atomic E-state index is -0.182. The van der Waals surface area contributed by atoms with E-state index in [4.69, 9.17) is 4.74 Å². The third-order valence-electron chi connectivity index (χ3n) is 3.08. The summed E-state index contributed by atoms with van der Waals surface area (Å²) in [5.41, 5.74) is 1.79. The topological polar surface area (TPSA) is 50.4 Å². The zero-order valence-electron chi connectivity index (χ0n) is 13.1. The van der Waals surface area contributed by atoms with Gasteiger partial charge in [0.15, 0.2) is 0 Å². The van der Waals surface area contributed by atoms with Gasteiger partial charge in [0.05, 0.1) is 5.60 Å². The quantitative estimate of drug-likeness (QED) is 0.805. The van der Waals surface area contributed by atoms with Crippen LogP contribution in [0.15, 0.2) is 24.3 Å². The van der Waals surface area contributed by atoms with Gasteiger partial charge < -0.3 is 15.4 Å². The smallest absolute Gasteiger partial charge is 0.221 e. The van der Waals surface area contributed by atoms with Gasteiger partial charge in [0.25, 0.3) is 0 Å². The molecule has 0 fully saturated rings. The monoisotopic (exact) mass is 278 g/mol. The van der Waals surface area contributed by atoms with E-state index < -0.39 is 0 Å². The van der Waals surface area contributed by atoms with E-state index in [1.165, 1.54) is 6.92 Å². The summed E-state index contributed by atoms with van der Waals surface area (Å²) >= 11 is 0. The van der Waals surface area contributed by atoms with E-state index in [1.807, 2.05) is 25.1 Å². The van der Waals surface area contributed by atoms with Crippen LogP contribution in [0.25, 0.3) is 0 Å². The molecule has 1 unspecified atom stereocenters. The Morgan fingerprint density at radius 1 is 1.40 bits per heavy atom. The summed E-state index contributed by atoms with van der Waals surface area (Å²) in [6, 6.07) is 8.08. The molecule has 1 atom stereocenters. The Labute approximate surface area is 121 Å². The van der Waals surface area contributed by atoms with Crippen molar-refractivity contribution in [1.82, 2.24) is 5.32 Å². The molecule has 4 nitrogen and oxygen atoms in total. The molecule has 0 bridgehead atoms. The van der Waals surface area contributed by atoms with Crippen molar-refractivity contribution >= 4 is 11.6 Å². The average Bonchev–Trinajstić information content (AvgIpc) is 2.35. The number of anilines is 1. The van der Waals surface area contributed by atoms with Crippen LogP contribution in [0.1, 0.15) is 46.2 Å². The molecule has 4 heteroatoms. The van der Waals surface area contributed by atoms with E-state index in [2.05, 4.69) is 37.5 Å². The fourth-order valence-electron chi connectivity index (χ4n) is 2.05. The Morgan fingerprint density at radius 3 is 2.70 bits per heavy atom. The Kier molecular flexibility index (Phi) is 6.17. The lowest BCUT2D eigenvalue weighted by Gasteiger charge is -2.27. The minimum Gasteiger partial charge on any atom is -0.375 e. The van der Waals surface area contributed by atoms with Gasteiger partial charge in [-0.3, -0.25) is 4.79 Å². The lowest BCUT2D eigenvalue weighted by atomic mass is 10.1. The predicted molar refractivity (Wildman–Crippen MR) is 82.9 cm³/mol. The van der Waals surface area contributed by atoms with Crippen molar-refractivity contribution in [2.24, 2.45) is 0 Å². The zero-order chi connectivity index (χ0) is 15.2. The molecular formula is C16H26N2O2. The summed E-state index contributed by atoms with van der Waals surface area (Å²) in [4.78, 5) is 11.1. The number of benzene rings is 1. The molecule has 0 saturated carbocycles. The minimum absolute atomic E-state index is 0.0553. The first-order valence-corrected chi connectivity index (χ1v) is 7.09. The molecule has 0 aliphatic heterocycles. The first-order chi connectivity index (χ1) is 9.34. The number of carbonyl (C=O) groups excluding carboxylic acids is 1. The summed E-state index contributed by atoms with van der Waals surface area (Å²) in [5.74, 6) is -0.0553. The van der Waals surface area contributed by atoms with Crippen molar-refractivity contribution in [1.29, 1.82) is 0 Å². The highest BCUT2D eigenvalue weighted by Gasteiger charge is 2.18. The van der Waals surface area contributed by atoms with E-state index in [9.17, 15) is 4.79 Å². The van der Waals surface area contributed by atoms with Crippen LogP contribution in [0.2, 0.25) is 0 Å². The lowest BCUT2D eigenvalue weighted by molar-refractivity contribution is -0.114. The first-order valence-electron chi connectivity index (χ1n) is 7.09. The predicted octanol–water partition coefficient (Wildman–Crippen LogP) is 3.11. The van der Waals surface area contributed by atoms with E-state index >= 15 is 0 Å². The molecule has 0 aliphatic rings. The molecule has 0 radical (unpaired) electrons. The molecule has 1 aromatic carbocycles. The van der Waals surface area contributed by atoms with E-state index in [0.29, 0.717) is 6.61 Å². The number of carbonyl (C=O) groups is 1. The lowest BCUT2D eigenvalue weighted by Crippen LogP contribution is -2.38. The molecule has 20 heavy (non-hydrogen) atoms.